The number of ketones is 1. The zero-order valence-corrected chi connectivity index (χ0v) is 11.3. The molecule has 0 saturated heterocycles. The molecule has 0 radical (unpaired) electrons. The van der Waals surface area contributed by atoms with Crippen molar-refractivity contribution in [1.82, 2.24) is 0 Å². The Morgan fingerprint density at radius 3 is 2.29 bits per heavy atom. The zero-order chi connectivity index (χ0) is 12.3. The fourth-order valence-electron chi connectivity index (χ4n) is 3.58. The lowest BCUT2D eigenvalue weighted by Gasteiger charge is -2.34. The van der Waals surface area contributed by atoms with Gasteiger partial charge in [-0.05, 0) is 51.4 Å². The molecule has 0 aromatic rings. The van der Waals surface area contributed by atoms with E-state index < -0.39 is 0 Å². The van der Waals surface area contributed by atoms with Crippen LogP contribution in [0.25, 0.3) is 0 Å². The van der Waals surface area contributed by atoms with Gasteiger partial charge in [0.25, 0.3) is 0 Å². The largest absolute Gasteiger partial charge is 0.367 e. The topological polar surface area (TPSA) is 26.3 Å². The van der Waals surface area contributed by atoms with Gasteiger partial charge in [-0.25, -0.2) is 0 Å². The van der Waals surface area contributed by atoms with Crippen LogP contribution in [-0.4, -0.2) is 18.0 Å². The molecular weight excluding hydrogens is 212 g/mol. The minimum Gasteiger partial charge on any atom is -0.367 e. The standard InChI is InChI=1S/C15H26O2/c1-3-17-15(10-4-5-11-15)14(16)13-8-6-12(2)7-9-13/h12-13H,3-11H2,1-2H3. The van der Waals surface area contributed by atoms with Crippen LogP contribution in [0.15, 0.2) is 0 Å². The molecule has 0 atom stereocenters. The van der Waals surface area contributed by atoms with E-state index in [1.54, 1.807) is 0 Å². The van der Waals surface area contributed by atoms with Gasteiger partial charge in [-0.3, -0.25) is 4.79 Å². The second-order valence-electron chi connectivity index (χ2n) is 5.96. The molecule has 0 aromatic heterocycles. The lowest BCUT2D eigenvalue weighted by molar-refractivity contribution is -0.149. The number of carbonyl (C=O) groups is 1. The third kappa shape index (κ3) is 2.73. The smallest absolute Gasteiger partial charge is 0.167 e. The second-order valence-corrected chi connectivity index (χ2v) is 5.96. The number of ether oxygens (including phenoxy) is 1. The molecule has 98 valence electrons. The minimum absolute atomic E-state index is 0.288. The Labute approximate surface area is 105 Å². The predicted molar refractivity (Wildman–Crippen MR) is 69.0 cm³/mol. The molecule has 0 bridgehead atoms. The summed E-state index contributed by atoms with van der Waals surface area (Å²) in [6, 6.07) is 0. The summed E-state index contributed by atoms with van der Waals surface area (Å²) in [5.74, 6) is 1.53. The van der Waals surface area contributed by atoms with Gasteiger partial charge in [0.05, 0.1) is 0 Å². The molecule has 2 heteroatoms. The molecule has 2 aliphatic rings. The summed E-state index contributed by atoms with van der Waals surface area (Å²) >= 11 is 0. The van der Waals surface area contributed by atoms with Gasteiger partial charge in [-0.1, -0.05) is 19.8 Å². The molecule has 0 unspecified atom stereocenters. The molecule has 2 rings (SSSR count). The van der Waals surface area contributed by atoms with Crippen molar-refractivity contribution in [1.29, 1.82) is 0 Å². The Balaban J connectivity index is 2.01. The Morgan fingerprint density at radius 2 is 1.76 bits per heavy atom. The van der Waals surface area contributed by atoms with Gasteiger partial charge < -0.3 is 4.74 Å². The van der Waals surface area contributed by atoms with Crippen LogP contribution < -0.4 is 0 Å². The third-order valence-electron chi connectivity index (χ3n) is 4.67. The number of rotatable bonds is 4. The molecule has 0 N–H and O–H groups in total. The first kappa shape index (κ1) is 13.1. The minimum atomic E-state index is -0.389. The molecule has 2 aliphatic carbocycles. The molecule has 2 saturated carbocycles. The maximum Gasteiger partial charge on any atom is 0.167 e. The van der Waals surface area contributed by atoms with Gasteiger partial charge in [-0.2, -0.15) is 0 Å². The highest BCUT2D eigenvalue weighted by Crippen LogP contribution is 2.40. The zero-order valence-electron chi connectivity index (χ0n) is 11.3. The summed E-state index contributed by atoms with van der Waals surface area (Å²) in [7, 11) is 0. The summed E-state index contributed by atoms with van der Waals surface area (Å²) in [6.07, 6.45) is 8.88. The maximum absolute atomic E-state index is 12.7. The molecule has 0 spiro atoms. The van der Waals surface area contributed by atoms with Crippen LogP contribution in [0.3, 0.4) is 0 Å². The summed E-state index contributed by atoms with van der Waals surface area (Å²) in [5.41, 5.74) is -0.389. The van der Waals surface area contributed by atoms with Crippen molar-refractivity contribution in [3.05, 3.63) is 0 Å². The van der Waals surface area contributed by atoms with E-state index in [4.69, 9.17) is 4.74 Å². The average Bonchev–Trinajstić information content (AvgIpc) is 2.79. The molecular formula is C15H26O2. The maximum atomic E-state index is 12.7. The van der Waals surface area contributed by atoms with Crippen LogP contribution in [-0.2, 0) is 9.53 Å². The van der Waals surface area contributed by atoms with E-state index in [0.717, 1.165) is 44.4 Å². The first-order valence-corrected chi connectivity index (χ1v) is 7.36. The summed E-state index contributed by atoms with van der Waals surface area (Å²) in [6.45, 7) is 4.99. The third-order valence-corrected chi connectivity index (χ3v) is 4.67. The highest BCUT2D eigenvalue weighted by Gasteiger charge is 2.45. The van der Waals surface area contributed by atoms with Gasteiger partial charge in [0.15, 0.2) is 5.78 Å². The van der Waals surface area contributed by atoms with Crippen molar-refractivity contribution < 1.29 is 9.53 Å². The number of Topliss-reactive ketones (excluding diaryl/α,β-unsaturated/α-hetero) is 1. The first-order valence-electron chi connectivity index (χ1n) is 7.36. The molecule has 0 heterocycles. The van der Waals surface area contributed by atoms with Gasteiger partial charge in [0, 0.05) is 12.5 Å². The monoisotopic (exact) mass is 238 g/mol. The Bertz CT molecular complexity index is 258. The molecule has 17 heavy (non-hydrogen) atoms. The molecule has 0 aliphatic heterocycles. The quantitative estimate of drug-likeness (QED) is 0.746. The highest BCUT2D eigenvalue weighted by atomic mass is 16.5. The van der Waals surface area contributed by atoms with Crippen molar-refractivity contribution in [2.24, 2.45) is 11.8 Å². The van der Waals surface area contributed by atoms with E-state index in [0.29, 0.717) is 12.4 Å². The predicted octanol–water partition coefficient (Wildman–Crippen LogP) is 3.73. The second kappa shape index (κ2) is 5.51. The number of carbonyl (C=O) groups excluding carboxylic acids is 1. The number of hydrogen-bond donors (Lipinski definition) is 0. The van der Waals surface area contributed by atoms with Crippen LogP contribution in [0.2, 0.25) is 0 Å². The van der Waals surface area contributed by atoms with Gasteiger partial charge in [-0.15, -0.1) is 0 Å². The normalized spacial score (nSPS) is 32.6. The highest BCUT2D eigenvalue weighted by molar-refractivity contribution is 5.89. The average molecular weight is 238 g/mol. The molecule has 2 nitrogen and oxygen atoms in total. The van der Waals surface area contributed by atoms with Gasteiger partial charge in [0.1, 0.15) is 5.60 Å². The lowest BCUT2D eigenvalue weighted by Crippen LogP contribution is -2.43. The van der Waals surface area contributed by atoms with Crippen molar-refractivity contribution in [2.45, 2.75) is 70.8 Å². The van der Waals surface area contributed by atoms with Crippen molar-refractivity contribution >= 4 is 5.78 Å². The van der Waals surface area contributed by atoms with Crippen LogP contribution in [0.1, 0.15) is 65.2 Å². The Morgan fingerprint density at radius 1 is 1.18 bits per heavy atom. The first-order chi connectivity index (χ1) is 8.18. The van der Waals surface area contributed by atoms with E-state index >= 15 is 0 Å². The summed E-state index contributed by atoms with van der Waals surface area (Å²) in [5, 5.41) is 0. The van der Waals surface area contributed by atoms with Crippen molar-refractivity contribution in [3.63, 3.8) is 0 Å². The van der Waals surface area contributed by atoms with Crippen LogP contribution in [0.4, 0.5) is 0 Å². The fraction of sp³-hybridized carbons (Fsp3) is 0.933. The van der Waals surface area contributed by atoms with Crippen molar-refractivity contribution in [3.8, 4) is 0 Å². The van der Waals surface area contributed by atoms with Crippen LogP contribution in [0.5, 0.6) is 0 Å². The molecule has 0 aromatic carbocycles. The van der Waals surface area contributed by atoms with E-state index in [9.17, 15) is 4.79 Å². The van der Waals surface area contributed by atoms with Gasteiger partial charge >= 0.3 is 0 Å². The summed E-state index contributed by atoms with van der Waals surface area (Å²) in [4.78, 5) is 12.7. The number of hydrogen-bond acceptors (Lipinski definition) is 2. The van der Waals surface area contributed by atoms with E-state index in [-0.39, 0.29) is 11.5 Å². The Hall–Kier alpha value is -0.370. The van der Waals surface area contributed by atoms with Crippen molar-refractivity contribution in [2.75, 3.05) is 6.61 Å². The van der Waals surface area contributed by atoms with Crippen LogP contribution >= 0.6 is 0 Å². The summed E-state index contributed by atoms with van der Waals surface area (Å²) < 4.78 is 5.88. The van der Waals surface area contributed by atoms with E-state index in [1.807, 2.05) is 6.92 Å². The fourth-order valence-corrected chi connectivity index (χ4v) is 3.58. The SMILES string of the molecule is CCOC1(C(=O)C2CCC(C)CC2)CCCC1. The van der Waals surface area contributed by atoms with Crippen LogP contribution in [0, 0.1) is 11.8 Å². The molecule has 2 fully saturated rings. The van der Waals surface area contributed by atoms with Gasteiger partial charge in [0.2, 0.25) is 0 Å². The van der Waals surface area contributed by atoms with E-state index in [1.165, 1.54) is 12.8 Å². The Kier molecular flexibility index (Phi) is 4.24. The van der Waals surface area contributed by atoms with E-state index in [2.05, 4.69) is 6.92 Å². The molecule has 0 amide bonds. The lowest BCUT2D eigenvalue weighted by atomic mass is 9.76.